The number of hydrogen-bond acceptors (Lipinski definition) is 4. The smallest absolute Gasteiger partial charge is 0.137 e. The van der Waals surface area contributed by atoms with Crippen LogP contribution in [0.4, 0.5) is 0 Å². The third-order valence-corrected chi connectivity index (χ3v) is 9.54. The summed E-state index contributed by atoms with van der Waals surface area (Å²) in [5.74, 6) is 1.05. The van der Waals surface area contributed by atoms with Gasteiger partial charge in [0.1, 0.15) is 11.6 Å². The van der Waals surface area contributed by atoms with Crippen LogP contribution in [0.1, 0.15) is 64.2 Å². The average molecular weight is 360 g/mol. The maximum atomic E-state index is 13.5. The highest BCUT2D eigenvalue weighted by Gasteiger charge is 2.89. The maximum Gasteiger partial charge on any atom is 0.137 e. The van der Waals surface area contributed by atoms with Crippen LogP contribution in [-0.4, -0.2) is 39.0 Å². The molecule has 5 saturated carbocycles. The van der Waals surface area contributed by atoms with Gasteiger partial charge < -0.3 is 9.47 Å². The standard InChI is InChI=1S/C22H32O4/c1-25-13-19-7-3-5-9-21(19)17(15(23)11-19)22-10-6-4-8-20(22,14-26-2)12-16(24)18(21)22/h17-18H,3-14H2,1-2H3/t17?,18?,19-,20+,21?,22?. The zero-order valence-electron chi connectivity index (χ0n) is 16.3. The molecule has 0 bridgehead atoms. The number of rotatable bonds is 4. The normalized spacial score (nSPS) is 52.1. The zero-order chi connectivity index (χ0) is 18.2. The number of carbonyl (C=O) groups is 2. The van der Waals surface area contributed by atoms with Gasteiger partial charge in [-0.25, -0.2) is 0 Å². The van der Waals surface area contributed by atoms with Crippen molar-refractivity contribution >= 4 is 11.6 Å². The Balaban J connectivity index is 1.69. The molecule has 26 heavy (non-hydrogen) atoms. The van der Waals surface area contributed by atoms with Crippen LogP contribution in [0.5, 0.6) is 0 Å². The van der Waals surface area contributed by atoms with Crippen LogP contribution in [0.15, 0.2) is 0 Å². The van der Waals surface area contributed by atoms with Crippen molar-refractivity contribution in [1.29, 1.82) is 0 Å². The Hall–Kier alpha value is -0.740. The number of ether oxygens (including phenoxy) is 2. The number of methoxy groups -OCH3 is 2. The van der Waals surface area contributed by atoms with Crippen LogP contribution in [0.25, 0.3) is 0 Å². The van der Waals surface area contributed by atoms with Crippen molar-refractivity contribution in [2.75, 3.05) is 27.4 Å². The lowest BCUT2D eigenvalue weighted by Gasteiger charge is -2.73. The summed E-state index contributed by atoms with van der Waals surface area (Å²) in [5.41, 5.74) is -0.396. The molecule has 0 aliphatic heterocycles. The fraction of sp³-hybridized carbons (Fsp3) is 0.909. The van der Waals surface area contributed by atoms with Crippen LogP contribution in [0, 0.1) is 33.5 Å². The summed E-state index contributed by atoms with van der Waals surface area (Å²) in [4.78, 5) is 27.0. The van der Waals surface area contributed by atoms with Gasteiger partial charge in [0.15, 0.2) is 0 Å². The molecule has 0 aromatic heterocycles. The van der Waals surface area contributed by atoms with Crippen LogP contribution < -0.4 is 0 Å². The van der Waals surface area contributed by atoms with Gasteiger partial charge in [-0.1, -0.05) is 25.7 Å². The van der Waals surface area contributed by atoms with Crippen molar-refractivity contribution in [2.45, 2.75) is 64.2 Å². The Bertz CT molecular complexity index is 583. The van der Waals surface area contributed by atoms with Gasteiger partial charge in [0.2, 0.25) is 0 Å². The van der Waals surface area contributed by atoms with Gasteiger partial charge in [-0.3, -0.25) is 9.59 Å². The first-order chi connectivity index (χ1) is 12.5. The van der Waals surface area contributed by atoms with Gasteiger partial charge >= 0.3 is 0 Å². The minimum Gasteiger partial charge on any atom is -0.384 e. The highest BCUT2D eigenvalue weighted by atomic mass is 16.5. The first-order valence-corrected chi connectivity index (χ1v) is 10.6. The van der Waals surface area contributed by atoms with Gasteiger partial charge in [-0.15, -0.1) is 0 Å². The minimum absolute atomic E-state index is 0.0809. The second-order valence-electron chi connectivity index (χ2n) is 10.1. The second-order valence-corrected chi connectivity index (χ2v) is 10.1. The molecule has 4 nitrogen and oxygen atoms in total. The largest absolute Gasteiger partial charge is 0.384 e. The number of Topliss-reactive ketones (excluding diaryl/α,β-unsaturated/α-hetero) is 2. The minimum atomic E-state index is -0.109. The molecular weight excluding hydrogens is 328 g/mol. The van der Waals surface area contributed by atoms with Crippen LogP contribution in [0.3, 0.4) is 0 Å². The van der Waals surface area contributed by atoms with Crippen molar-refractivity contribution in [3.63, 3.8) is 0 Å². The molecule has 4 unspecified atom stereocenters. The van der Waals surface area contributed by atoms with E-state index in [1.165, 1.54) is 12.8 Å². The summed E-state index contributed by atoms with van der Waals surface area (Å²) < 4.78 is 11.4. The Labute approximate surface area is 156 Å². The Morgan fingerprint density at radius 2 is 1.12 bits per heavy atom. The lowest BCUT2D eigenvalue weighted by atomic mass is 9.29. The van der Waals surface area contributed by atoms with Crippen molar-refractivity contribution in [1.82, 2.24) is 0 Å². The molecule has 0 radical (unpaired) electrons. The molecule has 5 rings (SSSR count). The van der Waals surface area contributed by atoms with E-state index in [0.717, 1.165) is 38.5 Å². The zero-order valence-corrected chi connectivity index (χ0v) is 16.3. The number of hydrogen-bond donors (Lipinski definition) is 0. The Morgan fingerprint density at radius 3 is 1.50 bits per heavy atom. The van der Waals surface area contributed by atoms with E-state index in [0.29, 0.717) is 37.6 Å². The van der Waals surface area contributed by atoms with E-state index < -0.39 is 0 Å². The van der Waals surface area contributed by atoms with E-state index in [2.05, 4.69) is 0 Å². The fourth-order valence-corrected chi connectivity index (χ4v) is 9.31. The topological polar surface area (TPSA) is 52.6 Å². The predicted molar refractivity (Wildman–Crippen MR) is 96.6 cm³/mol. The SMILES string of the molecule is COC[C@]12CCCCC13C(C(=O)C2)C12CCCC[C@@]1(COC)CC(=O)C32. The van der Waals surface area contributed by atoms with Crippen molar-refractivity contribution in [3.05, 3.63) is 0 Å². The second kappa shape index (κ2) is 5.41. The van der Waals surface area contributed by atoms with Gasteiger partial charge in [0.25, 0.3) is 0 Å². The van der Waals surface area contributed by atoms with Crippen molar-refractivity contribution < 1.29 is 19.1 Å². The van der Waals surface area contributed by atoms with Gasteiger partial charge in [0, 0.05) is 49.7 Å². The quantitative estimate of drug-likeness (QED) is 0.769. The molecule has 5 aliphatic carbocycles. The third-order valence-electron chi connectivity index (χ3n) is 9.54. The van der Waals surface area contributed by atoms with Gasteiger partial charge in [-0.05, 0) is 36.5 Å². The van der Waals surface area contributed by atoms with E-state index in [-0.39, 0.29) is 33.5 Å². The lowest BCUT2D eigenvalue weighted by Crippen LogP contribution is -2.73. The summed E-state index contributed by atoms with van der Waals surface area (Å²) in [6.45, 7) is 1.29. The molecule has 0 amide bonds. The molecule has 0 aromatic rings. The summed E-state index contributed by atoms with van der Waals surface area (Å²) >= 11 is 0. The van der Waals surface area contributed by atoms with Crippen LogP contribution in [0.2, 0.25) is 0 Å². The summed E-state index contributed by atoms with van der Waals surface area (Å²) in [6.07, 6.45) is 10.1. The van der Waals surface area contributed by atoms with E-state index in [1.807, 2.05) is 0 Å². The molecule has 4 heteroatoms. The molecule has 6 atom stereocenters. The van der Waals surface area contributed by atoms with Crippen molar-refractivity contribution in [2.24, 2.45) is 33.5 Å². The van der Waals surface area contributed by atoms with E-state index in [9.17, 15) is 9.59 Å². The molecule has 0 aromatic carbocycles. The monoisotopic (exact) mass is 360 g/mol. The van der Waals surface area contributed by atoms with E-state index in [4.69, 9.17) is 9.47 Å². The van der Waals surface area contributed by atoms with Crippen LogP contribution >= 0.6 is 0 Å². The summed E-state index contributed by atoms with van der Waals surface area (Å²) in [5, 5.41) is 0. The molecule has 5 fully saturated rings. The molecule has 0 saturated heterocycles. The number of ketones is 2. The first kappa shape index (κ1) is 17.4. The number of carbonyl (C=O) groups excluding carboxylic acids is 2. The molecule has 0 heterocycles. The molecule has 2 spiro atoms. The lowest BCUT2D eigenvalue weighted by molar-refractivity contribution is -0.278. The van der Waals surface area contributed by atoms with Crippen LogP contribution in [-0.2, 0) is 19.1 Å². The molecular formula is C22H32O4. The average Bonchev–Trinajstić information content (AvgIpc) is 2.94. The first-order valence-electron chi connectivity index (χ1n) is 10.6. The predicted octanol–water partition coefficient (Wildman–Crippen LogP) is 3.56. The molecule has 5 aliphatic rings. The summed E-state index contributed by atoms with van der Waals surface area (Å²) in [6, 6.07) is 0. The molecule has 144 valence electrons. The maximum absolute atomic E-state index is 13.5. The molecule has 0 N–H and O–H groups in total. The van der Waals surface area contributed by atoms with Gasteiger partial charge in [0.05, 0.1) is 13.2 Å². The highest BCUT2D eigenvalue weighted by Crippen LogP contribution is 2.87. The van der Waals surface area contributed by atoms with E-state index >= 15 is 0 Å². The summed E-state index contributed by atoms with van der Waals surface area (Å²) in [7, 11) is 3.52. The van der Waals surface area contributed by atoms with E-state index in [1.54, 1.807) is 14.2 Å². The van der Waals surface area contributed by atoms with Gasteiger partial charge in [-0.2, -0.15) is 0 Å². The van der Waals surface area contributed by atoms with Crippen molar-refractivity contribution in [3.8, 4) is 0 Å². The third kappa shape index (κ3) is 1.59. The Morgan fingerprint density at radius 1 is 0.731 bits per heavy atom. The highest BCUT2D eigenvalue weighted by molar-refractivity contribution is 5.98. The Kier molecular flexibility index (Phi) is 3.61. The fourth-order valence-electron chi connectivity index (χ4n) is 9.31.